The molecule has 13 heavy (non-hydrogen) atoms. The fraction of sp³-hybridized carbons (Fsp3) is 0.545. The normalized spacial score (nSPS) is 12.5. The minimum absolute atomic E-state index is 0.488. The molecule has 1 rings (SSSR count). The van der Waals surface area contributed by atoms with Crippen LogP contribution in [0.15, 0.2) is 6.07 Å². The summed E-state index contributed by atoms with van der Waals surface area (Å²) >= 11 is 0. The number of rotatable bonds is 2. The van der Waals surface area contributed by atoms with Crippen molar-refractivity contribution in [2.24, 2.45) is 0 Å². The third-order valence-corrected chi connectivity index (χ3v) is 2.64. The summed E-state index contributed by atoms with van der Waals surface area (Å²) < 4.78 is 2.23. The van der Waals surface area contributed by atoms with Crippen molar-refractivity contribution >= 4 is 0 Å². The molecule has 70 valence electrons. The van der Waals surface area contributed by atoms with Crippen molar-refractivity contribution in [1.82, 2.24) is 4.57 Å². The second-order valence-corrected chi connectivity index (χ2v) is 3.52. The summed E-state index contributed by atoms with van der Waals surface area (Å²) in [4.78, 5) is 0. The molecule has 1 heterocycles. The smallest absolute Gasteiger partial charge is 0.101 e. The average Bonchev–Trinajstić information content (AvgIpc) is 2.40. The molecule has 0 radical (unpaired) electrons. The highest BCUT2D eigenvalue weighted by Crippen LogP contribution is 2.21. The van der Waals surface area contributed by atoms with Crippen LogP contribution in [0.4, 0.5) is 0 Å². The van der Waals surface area contributed by atoms with E-state index in [4.69, 9.17) is 5.26 Å². The van der Waals surface area contributed by atoms with Crippen molar-refractivity contribution in [3.8, 4) is 6.07 Å². The van der Waals surface area contributed by atoms with Gasteiger partial charge in [0.05, 0.1) is 5.56 Å². The molecule has 0 aliphatic heterocycles. The number of nitrogens with zero attached hydrogens (tertiary/aromatic N) is 2. The first kappa shape index (κ1) is 9.85. The van der Waals surface area contributed by atoms with Gasteiger partial charge < -0.3 is 4.57 Å². The van der Waals surface area contributed by atoms with E-state index in [1.165, 1.54) is 5.69 Å². The molecule has 0 aliphatic rings. The first-order valence-corrected chi connectivity index (χ1v) is 4.70. The molecule has 1 atom stereocenters. The maximum atomic E-state index is 8.85. The van der Waals surface area contributed by atoms with Gasteiger partial charge >= 0.3 is 0 Å². The van der Waals surface area contributed by atoms with Gasteiger partial charge in [0, 0.05) is 17.4 Å². The van der Waals surface area contributed by atoms with Crippen LogP contribution in [0.2, 0.25) is 0 Å². The summed E-state index contributed by atoms with van der Waals surface area (Å²) in [6, 6.07) is 4.66. The van der Waals surface area contributed by atoms with E-state index >= 15 is 0 Å². The van der Waals surface area contributed by atoms with Crippen LogP contribution < -0.4 is 0 Å². The van der Waals surface area contributed by atoms with Gasteiger partial charge in [-0.15, -0.1) is 0 Å². The van der Waals surface area contributed by atoms with E-state index in [0.717, 1.165) is 17.7 Å². The largest absolute Gasteiger partial charge is 0.345 e. The van der Waals surface area contributed by atoms with Crippen LogP contribution in [0.25, 0.3) is 0 Å². The van der Waals surface area contributed by atoms with Crippen LogP contribution in [0.3, 0.4) is 0 Å². The van der Waals surface area contributed by atoms with Crippen molar-refractivity contribution in [3.63, 3.8) is 0 Å². The quantitative estimate of drug-likeness (QED) is 0.681. The second kappa shape index (κ2) is 3.66. The van der Waals surface area contributed by atoms with Gasteiger partial charge in [0.2, 0.25) is 0 Å². The molecular weight excluding hydrogens is 160 g/mol. The summed E-state index contributed by atoms with van der Waals surface area (Å²) in [5.74, 6) is 0. The van der Waals surface area contributed by atoms with Gasteiger partial charge in [-0.25, -0.2) is 0 Å². The van der Waals surface area contributed by atoms with Gasteiger partial charge in [0.1, 0.15) is 6.07 Å². The molecule has 0 aliphatic carbocycles. The van der Waals surface area contributed by atoms with Crippen molar-refractivity contribution < 1.29 is 0 Å². The molecule has 2 heteroatoms. The topological polar surface area (TPSA) is 28.7 Å². The van der Waals surface area contributed by atoms with Gasteiger partial charge in [-0.1, -0.05) is 6.92 Å². The molecular formula is C11H16N2. The van der Waals surface area contributed by atoms with Gasteiger partial charge in [-0.2, -0.15) is 5.26 Å². The Labute approximate surface area is 79.8 Å². The minimum atomic E-state index is 0.488. The molecule has 0 amide bonds. The summed E-state index contributed by atoms with van der Waals surface area (Å²) in [6.45, 7) is 8.41. The lowest BCUT2D eigenvalue weighted by Crippen LogP contribution is -2.07. The summed E-state index contributed by atoms with van der Waals surface area (Å²) in [6.07, 6.45) is 1.10. The molecule has 0 aromatic carbocycles. The first-order valence-electron chi connectivity index (χ1n) is 4.70. The van der Waals surface area contributed by atoms with Crippen LogP contribution in [-0.4, -0.2) is 4.57 Å². The van der Waals surface area contributed by atoms with Crippen LogP contribution >= 0.6 is 0 Å². The Bertz CT molecular complexity index is 342. The zero-order chi connectivity index (χ0) is 10.0. The summed E-state index contributed by atoms with van der Waals surface area (Å²) in [5.41, 5.74) is 3.08. The highest BCUT2D eigenvalue weighted by molar-refractivity contribution is 5.37. The maximum absolute atomic E-state index is 8.85. The number of nitriles is 1. The third kappa shape index (κ3) is 1.60. The molecule has 1 aromatic rings. The molecule has 1 unspecified atom stereocenters. The van der Waals surface area contributed by atoms with Gasteiger partial charge in [0.25, 0.3) is 0 Å². The molecule has 0 N–H and O–H groups in total. The first-order chi connectivity index (χ1) is 6.11. The summed E-state index contributed by atoms with van der Waals surface area (Å²) in [7, 11) is 0. The SMILES string of the molecule is CCC(C)n1c(C)cc(C#N)c1C. The summed E-state index contributed by atoms with van der Waals surface area (Å²) in [5, 5.41) is 8.85. The molecule has 0 bridgehead atoms. The van der Waals surface area contributed by atoms with E-state index in [1.54, 1.807) is 0 Å². The van der Waals surface area contributed by atoms with Crippen LogP contribution in [-0.2, 0) is 0 Å². The van der Waals surface area contributed by atoms with E-state index in [9.17, 15) is 0 Å². The lowest BCUT2D eigenvalue weighted by atomic mass is 10.2. The average molecular weight is 176 g/mol. The predicted molar refractivity (Wildman–Crippen MR) is 53.6 cm³/mol. The lowest BCUT2D eigenvalue weighted by molar-refractivity contribution is 0.511. The zero-order valence-corrected chi connectivity index (χ0v) is 8.76. The Balaban J connectivity index is 3.22. The van der Waals surface area contributed by atoms with Crippen molar-refractivity contribution in [2.45, 2.75) is 40.2 Å². The van der Waals surface area contributed by atoms with E-state index in [2.05, 4.69) is 31.4 Å². The number of aromatic nitrogens is 1. The van der Waals surface area contributed by atoms with Gasteiger partial charge in [0.15, 0.2) is 0 Å². The van der Waals surface area contributed by atoms with Crippen molar-refractivity contribution in [3.05, 3.63) is 23.0 Å². The Kier molecular flexibility index (Phi) is 2.77. The highest BCUT2D eigenvalue weighted by atomic mass is 15.0. The predicted octanol–water partition coefficient (Wildman–Crippen LogP) is 2.95. The van der Waals surface area contributed by atoms with Crippen LogP contribution in [0.1, 0.15) is 43.3 Å². The van der Waals surface area contributed by atoms with Gasteiger partial charge in [-0.3, -0.25) is 0 Å². The second-order valence-electron chi connectivity index (χ2n) is 3.52. The Morgan fingerprint density at radius 1 is 1.54 bits per heavy atom. The van der Waals surface area contributed by atoms with E-state index in [0.29, 0.717) is 6.04 Å². The molecule has 0 saturated heterocycles. The standard InChI is InChI=1S/C11H16N2/c1-5-8(2)13-9(3)6-11(7-12)10(13)4/h6,8H,5H2,1-4H3. The minimum Gasteiger partial charge on any atom is -0.345 e. The number of aryl methyl sites for hydroxylation is 1. The Morgan fingerprint density at radius 3 is 2.54 bits per heavy atom. The van der Waals surface area contributed by atoms with E-state index in [-0.39, 0.29) is 0 Å². The Hall–Kier alpha value is -1.23. The van der Waals surface area contributed by atoms with Crippen molar-refractivity contribution in [2.75, 3.05) is 0 Å². The molecule has 1 aromatic heterocycles. The molecule has 0 fully saturated rings. The monoisotopic (exact) mass is 176 g/mol. The Morgan fingerprint density at radius 2 is 2.15 bits per heavy atom. The molecule has 2 nitrogen and oxygen atoms in total. The van der Waals surface area contributed by atoms with E-state index in [1.807, 2.05) is 13.0 Å². The van der Waals surface area contributed by atoms with Crippen LogP contribution in [0, 0.1) is 25.2 Å². The fourth-order valence-corrected chi connectivity index (χ4v) is 1.75. The van der Waals surface area contributed by atoms with Gasteiger partial charge in [-0.05, 0) is 33.3 Å². The maximum Gasteiger partial charge on any atom is 0.101 e. The molecule has 0 spiro atoms. The number of hydrogen-bond donors (Lipinski definition) is 0. The van der Waals surface area contributed by atoms with Crippen LogP contribution in [0.5, 0.6) is 0 Å². The zero-order valence-electron chi connectivity index (χ0n) is 8.76. The molecule has 0 saturated carbocycles. The fourth-order valence-electron chi connectivity index (χ4n) is 1.75. The van der Waals surface area contributed by atoms with Crippen molar-refractivity contribution in [1.29, 1.82) is 5.26 Å². The van der Waals surface area contributed by atoms with E-state index < -0.39 is 0 Å². The third-order valence-electron chi connectivity index (χ3n) is 2.64. The lowest BCUT2D eigenvalue weighted by Gasteiger charge is -2.16. The highest BCUT2D eigenvalue weighted by Gasteiger charge is 2.11. The number of hydrogen-bond acceptors (Lipinski definition) is 1.